The number of H-pyrrole nitrogens is 1. The molecule has 8 heteroatoms. The van der Waals surface area contributed by atoms with Crippen LogP contribution in [0.5, 0.6) is 11.6 Å². The van der Waals surface area contributed by atoms with Gasteiger partial charge in [0.2, 0.25) is 5.88 Å². The SMILES string of the molecule is Cc1ccc2[nH]c(O)c(N=NC(=O)COc3ccc4c(C)cc(=O)oc4c3)c2c1. The molecule has 0 saturated heterocycles. The summed E-state index contributed by atoms with van der Waals surface area (Å²) in [5.74, 6) is -0.430. The zero-order valence-electron chi connectivity index (χ0n) is 15.7. The van der Waals surface area contributed by atoms with Crippen molar-refractivity contribution in [3.63, 3.8) is 0 Å². The van der Waals surface area contributed by atoms with Crippen LogP contribution in [0.25, 0.3) is 21.9 Å². The summed E-state index contributed by atoms with van der Waals surface area (Å²) in [6.07, 6.45) is 0. The van der Waals surface area contributed by atoms with E-state index in [9.17, 15) is 14.7 Å². The summed E-state index contributed by atoms with van der Waals surface area (Å²) in [5, 5.41) is 19.0. The highest BCUT2D eigenvalue weighted by atomic mass is 16.5. The van der Waals surface area contributed by atoms with E-state index < -0.39 is 11.5 Å². The number of amides is 1. The summed E-state index contributed by atoms with van der Waals surface area (Å²) in [6.45, 7) is 3.37. The second-order valence-corrected chi connectivity index (χ2v) is 6.66. The Morgan fingerprint density at radius 2 is 1.97 bits per heavy atom. The molecular weight excluding hydrogens is 374 g/mol. The number of nitrogens with one attached hydrogen (secondary N) is 1. The monoisotopic (exact) mass is 391 g/mol. The van der Waals surface area contributed by atoms with Gasteiger partial charge >= 0.3 is 11.5 Å². The molecule has 0 fully saturated rings. The van der Waals surface area contributed by atoms with Gasteiger partial charge in [0.15, 0.2) is 12.3 Å². The van der Waals surface area contributed by atoms with Gasteiger partial charge in [0, 0.05) is 22.9 Å². The topological polar surface area (TPSA) is 117 Å². The molecule has 2 heterocycles. The van der Waals surface area contributed by atoms with Crippen LogP contribution < -0.4 is 10.4 Å². The summed E-state index contributed by atoms with van der Waals surface area (Å²) >= 11 is 0. The maximum Gasteiger partial charge on any atom is 0.336 e. The standard InChI is InChI=1S/C21H17N3O5/c1-11-3-6-16-15(7-11)20(21(27)22-16)24-23-18(25)10-28-13-4-5-14-12(2)8-19(26)29-17(14)9-13/h3-9,22,27H,10H2,1-2H3. The van der Waals surface area contributed by atoms with E-state index in [1.807, 2.05) is 32.0 Å². The highest BCUT2D eigenvalue weighted by Gasteiger charge is 2.12. The van der Waals surface area contributed by atoms with Crippen LogP contribution in [-0.4, -0.2) is 22.6 Å². The molecule has 0 radical (unpaired) electrons. The van der Waals surface area contributed by atoms with Crippen LogP contribution in [0.1, 0.15) is 11.1 Å². The smallest absolute Gasteiger partial charge is 0.336 e. The third-order valence-electron chi connectivity index (χ3n) is 4.45. The summed E-state index contributed by atoms with van der Waals surface area (Å²) < 4.78 is 10.6. The third kappa shape index (κ3) is 3.73. The van der Waals surface area contributed by atoms with E-state index in [0.717, 1.165) is 16.5 Å². The minimum atomic E-state index is -0.628. The van der Waals surface area contributed by atoms with E-state index in [1.165, 1.54) is 6.07 Å². The number of aryl methyl sites for hydroxylation is 2. The lowest BCUT2D eigenvalue weighted by molar-refractivity contribution is -0.120. The number of aromatic amines is 1. The maximum atomic E-state index is 12.0. The van der Waals surface area contributed by atoms with Crippen LogP contribution in [0.15, 0.2) is 61.9 Å². The number of carbonyl (C=O) groups excluding carboxylic acids is 1. The van der Waals surface area contributed by atoms with E-state index in [4.69, 9.17) is 9.15 Å². The number of aromatic nitrogens is 1. The number of rotatable bonds is 4. The fourth-order valence-electron chi connectivity index (χ4n) is 3.05. The molecular formula is C21H17N3O5. The van der Waals surface area contributed by atoms with Gasteiger partial charge in [-0.05, 0) is 43.7 Å². The third-order valence-corrected chi connectivity index (χ3v) is 4.45. The number of aromatic hydroxyl groups is 1. The Balaban J connectivity index is 1.49. The van der Waals surface area contributed by atoms with Crippen molar-refractivity contribution in [1.82, 2.24) is 4.98 Å². The second kappa shape index (κ2) is 7.23. The molecule has 2 N–H and O–H groups in total. The maximum absolute atomic E-state index is 12.0. The van der Waals surface area contributed by atoms with E-state index in [-0.39, 0.29) is 18.2 Å². The van der Waals surface area contributed by atoms with Crippen molar-refractivity contribution >= 4 is 33.5 Å². The minimum Gasteiger partial charge on any atom is -0.493 e. The van der Waals surface area contributed by atoms with Crippen LogP contribution in [0.4, 0.5) is 5.69 Å². The van der Waals surface area contributed by atoms with Gasteiger partial charge in [-0.15, -0.1) is 10.2 Å². The van der Waals surface area contributed by atoms with Crippen LogP contribution in [0.2, 0.25) is 0 Å². The highest BCUT2D eigenvalue weighted by molar-refractivity contribution is 5.95. The number of hydrogen-bond acceptors (Lipinski definition) is 6. The Bertz CT molecular complexity index is 1330. The molecule has 8 nitrogen and oxygen atoms in total. The van der Waals surface area contributed by atoms with Gasteiger partial charge in [0.25, 0.3) is 0 Å². The van der Waals surface area contributed by atoms with E-state index in [0.29, 0.717) is 22.2 Å². The number of fused-ring (bicyclic) bond motifs is 2. The molecule has 0 atom stereocenters. The molecule has 0 aliphatic rings. The number of ether oxygens (including phenoxy) is 1. The predicted octanol–water partition coefficient (Wildman–Crippen LogP) is 4.29. The zero-order chi connectivity index (χ0) is 20.5. The number of carbonyl (C=O) groups is 1. The predicted molar refractivity (Wildman–Crippen MR) is 107 cm³/mol. The van der Waals surface area contributed by atoms with Gasteiger partial charge in [-0.25, -0.2) is 4.79 Å². The van der Waals surface area contributed by atoms with Crippen molar-refractivity contribution < 1.29 is 19.1 Å². The van der Waals surface area contributed by atoms with Crippen LogP contribution in [-0.2, 0) is 4.79 Å². The molecule has 2 aromatic heterocycles. The average molecular weight is 391 g/mol. The molecule has 4 aromatic rings. The first-order valence-corrected chi connectivity index (χ1v) is 8.84. The molecule has 0 saturated carbocycles. The van der Waals surface area contributed by atoms with E-state index in [2.05, 4.69) is 15.2 Å². The van der Waals surface area contributed by atoms with Crippen LogP contribution in [0.3, 0.4) is 0 Å². The molecule has 1 amide bonds. The van der Waals surface area contributed by atoms with Crippen LogP contribution in [0, 0.1) is 13.8 Å². The largest absolute Gasteiger partial charge is 0.493 e. The summed E-state index contributed by atoms with van der Waals surface area (Å²) in [5.41, 5.74) is 2.59. The molecule has 0 aliphatic heterocycles. The first-order chi connectivity index (χ1) is 13.9. The number of hydrogen-bond donors (Lipinski definition) is 2. The molecule has 0 spiro atoms. The zero-order valence-corrected chi connectivity index (χ0v) is 15.7. The molecule has 146 valence electrons. The molecule has 4 rings (SSSR count). The number of azo groups is 1. The van der Waals surface area contributed by atoms with E-state index in [1.54, 1.807) is 18.2 Å². The summed E-state index contributed by atoms with van der Waals surface area (Å²) in [4.78, 5) is 26.3. The van der Waals surface area contributed by atoms with Crippen molar-refractivity contribution in [3.8, 4) is 11.6 Å². The lowest BCUT2D eigenvalue weighted by atomic mass is 10.1. The average Bonchev–Trinajstić information content (AvgIpc) is 2.98. The van der Waals surface area contributed by atoms with Gasteiger partial charge in [-0.3, -0.25) is 4.79 Å². The Morgan fingerprint density at radius 1 is 1.14 bits per heavy atom. The van der Waals surface area contributed by atoms with Crippen molar-refractivity contribution in [2.24, 2.45) is 10.2 Å². The van der Waals surface area contributed by atoms with Crippen molar-refractivity contribution in [3.05, 3.63) is 64.0 Å². The Labute approximate surface area is 164 Å². The van der Waals surface area contributed by atoms with Crippen LogP contribution >= 0.6 is 0 Å². The normalized spacial score (nSPS) is 11.5. The molecule has 29 heavy (non-hydrogen) atoms. The first-order valence-electron chi connectivity index (χ1n) is 8.84. The molecule has 2 aromatic carbocycles. The number of nitrogens with zero attached hydrogens (tertiary/aromatic N) is 2. The highest BCUT2D eigenvalue weighted by Crippen LogP contribution is 2.35. The molecule has 0 unspecified atom stereocenters. The summed E-state index contributed by atoms with van der Waals surface area (Å²) in [7, 11) is 0. The summed E-state index contributed by atoms with van der Waals surface area (Å²) in [6, 6.07) is 11.9. The number of benzene rings is 2. The van der Waals surface area contributed by atoms with Crippen molar-refractivity contribution in [2.75, 3.05) is 6.61 Å². The van der Waals surface area contributed by atoms with E-state index >= 15 is 0 Å². The van der Waals surface area contributed by atoms with Gasteiger partial charge in [-0.2, -0.15) is 0 Å². The fraction of sp³-hybridized carbons (Fsp3) is 0.143. The quantitative estimate of drug-likeness (QED) is 0.398. The second-order valence-electron chi connectivity index (χ2n) is 6.66. The van der Waals surface area contributed by atoms with Crippen molar-refractivity contribution in [1.29, 1.82) is 0 Å². The first kappa shape index (κ1) is 18.4. The lowest BCUT2D eigenvalue weighted by Gasteiger charge is -2.05. The van der Waals surface area contributed by atoms with Crippen molar-refractivity contribution in [2.45, 2.75) is 13.8 Å². The minimum absolute atomic E-state index is 0.164. The Hall–Kier alpha value is -3.94. The Morgan fingerprint density at radius 3 is 2.79 bits per heavy atom. The Kier molecular flexibility index (Phi) is 4.59. The lowest BCUT2D eigenvalue weighted by Crippen LogP contribution is -2.08. The molecule has 0 aliphatic carbocycles. The fourth-order valence-corrected chi connectivity index (χ4v) is 3.05. The molecule has 0 bridgehead atoms. The van der Waals surface area contributed by atoms with Gasteiger partial charge < -0.3 is 19.2 Å². The van der Waals surface area contributed by atoms with Gasteiger partial charge in [-0.1, -0.05) is 11.6 Å². The van der Waals surface area contributed by atoms with Gasteiger partial charge in [0.05, 0.1) is 5.52 Å². The van der Waals surface area contributed by atoms with Gasteiger partial charge in [0.1, 0.15) is 11.3 Å².